The molecule has 0 unspecified atom stereocenters. The van der Waals surface area contributed by atoms with Crippen LogP contribution in [-0.2, 0) is 0 Å². The molecule has 0 spiro atoms. The molecule has 9 nitrogen and oxygen atoms in total. The monoisotopic (exact) mass is 419 g/mol. The molecule has 3 aromatic carbocycles. The Balaban J connectivity index is 1.78. The summed E-state index contributed by atoms with van der Waals surface area (Å²) in [5.74, 6) is 0. The minimum atomic E-state index is -0.720. The molecule has 3 aromatic rings. The zero-order valence-electron chi connectivity index (χ0n) is 17.0. The van der Waals surface area contributed by atoms with Crippen molar-refractivity contribution in [3.63, 3.8) is 0 Å². The van der Waals surface area contributed by atoms with Crippen molar-refractivity contribution < 1.29 is 9.85 Å². The van der Waals surface area contributed by atoms with E-state index in [-0.39, 0.29) is 11.4 Å². The number of nitro benzene ring substituents is 2. The van der Waals surface area contributed by atoms with Crippen LogP contribution in [0.4, 0.5) is 34.1 Å². The summed E-state index contributed by atoms with van der Waals surface area (Å²) in [4.78, 5) is 22.9. The summed E-state index contributed by atoms with van der Waals surface area (Å²) in [6.45, 7) is 0. The maximum absolute atomic E-state index is 11.3. The van der Waals surface area contributed by atoms with E-state index < -0.39 is 21.2 Å². The number of nitrogens with zero attached hydrogens (tertiary/aromatic N) is 3. The van der Waals surface area contributed by atoms with Crippen molar-refractivity contribution in [3.8, 4) is 0 Å². The van der Waals surface area contributed by atoms with Crippen molar-refractivity contribution in [1.82, 2.24) is 0 Å². The smallest absolute Gasteiger partial charge is 0.301 e. The number of non-ortho nitro benzene ring substituents is 1. The van der Waals surface area contributed by atoms with Gasteiger partial charge in [0, 0.05) is 31.5 Å². The number of anilines is 4. The van der Waals surface area contributed by atoms with Crippen LogP contribution >= 0.6 is 0 Å². The van der Waals surface area contributed by atoms with Crippen LogP contribution in [-0.4, -0.2) is 23.9 Å². The maximum Gasteiger partial charge on any atom is 0.301 e. The highest BCUT2D eigenvalue weighted by Gasteiger charge is 2.23. The number of nitrogens with one attached hydrogen (secondary N) is 1. The van der Waals surface area contributed by atoms with Crippen LogP contribution in [0, 0.1) is 20.2 Å². The lowest BCUT2D eigenvalue weighted by atomic mass is 10.1. The second-order valence-electron chi connectivity index (χ2n) is 7.01. The van der Waals surface area contributed by atoms with Gasteiger partial charge in [0.15, 0.2) is 0 Å². The maximum atomic E-state index is 11.3. The Bertz CT molecular complexity index is 1140. The first-order valence-corrected chi connectivity index (χ1v) is 9.29. The average molecular weight is 419 g/mol. The molecule has 9 heteroatoms. The van der Waals surface area contributed by atoms with Crippen LogP contribution in [0.2, 0.25) is 0 Å². The van der Waals surface area contributed by atoms with Gasteiger partial charge in [0.1, 0.15) is 5.69 Å². The first kappa shape index (κ1) is 21.3. The Kier molecular flexibility index (Phi) is 6.15. The molecule has 0 fully saturated rings. The van der Waals surface area contributed by atoms with Crippen LogP contribution in [0.1, 0.15) is 11.1 Å². The zero-order chi connectivity index (χ0) is 22.5. The second-order valence-corrected chi connectivity index (χ2v) is 7.01. The molecule has 0 saturated heterocycles. The van der Waals surface area contributed by atoms with Crippen molar-refractivity contribution in [2.75, 3.05) is 30.0 Å². The van der Waals surface area contributed by atoms with E-state index in [2.05, 4.69) is 5.32 Å². The molecule has 0 amide bonds. The summed E-state index contributed by atoms with van der Waals surface area (Å²) in [5.41, 5.74) is 8.55. The van der Waals surface area contributed by atoms with Gasteiger partial charge in [-0.2, -0.15) is 0 Å². The van der Waals surface area contributed by atoms with E-state index in [4.69, 9.17) is 5.73 Å². The van der Waals surface area contributed by atoms with Crippen LogP contribution in [0.3, 0.4) is 0 Å². The molecular formula is C22H21N5O4. The third-order valence-electron chi connectivity index (χ3n) is 4.60. The molecule has 0 saturated carbocycles. The number of benzene rings is 3. The lowest BCUT2D eigenvalue weighted by Crippen LogP contribution is -2.07. The number of rotatable bonds is 7. The Hall–Kier alpha value is -4.40. The van der Waals surface area contributed by atoms with Crippen molar-refractivity contribution in [2.45, 2.75) is 0 Å². The van der Waals surface area contributed by atoms with Gasteiger partial charge in [0.2, 0.25) is 0 Å². The first-order valence-electron chi connectivity index (χ1n) is 9.29. The van der Waals surface area contributed by atoms with Crippen molar-refractivity contribution in [3.05, 3.63) is 92.0 Å². The van der Waals surface area contributed by atoms with Crippen molar-refractivity contribution in [1.29, 1.82) is 0 Å². The minimum Gasteiger partial charge on any atom is -0.397 e. The molecule has 0 atom stereocenters. The largest absolute Gasteiger partial charge is 0.397 e. The van der Waals surface area contributed by atoms with Gasteiger partial charge in [-0.15, -0.1) is 0 Å². The predicted molar refractivity (Wildman–Crippen MR) is 124 cm³/mol. The van der Waals surface area contributed by atoms with E-state index in [0.29, 0.717) is 5.69 Å². The third-order valence-corrected chi connectivity index (χ3v) is 4.60. The Morgan fingerprint density at radius 1 is 0.871 bits per heavy atom. The minimum absolute atomic E-state index is 0.0138. The quantitative estimate of drug-likeness (QED) is 0.237. The molecular weight excluding hydrogens is 398 g/mol. The number of nitro groups is 2. The fraction of sp³-hybridized carbons (Fsp3) is 0.0909. The Labute approximate surface area is 178 Å². The summed E-state index contributed by atoms with van der Waals surface area (Å²) in [7, 11) is 3.97. The second kappa shape index (κ2) is 8.95. The number of nitrogen functional groups attached to an aromatic ring is 1. The SMILES string of the molecule is CN(C)c1ccc(/C=C/c2ccc(Nc3c(N)cc([N+](=O)[O-])cc3[N+](=O)[O-])cc2)cc1. The van der Waals surface area contributed by atoms with Gasteiger partial charge in [-0.3, -0.25) is 20.2 Å². The first-order chi connectivity index (χ1) is 14.7. The number of hydrogen-bond donors (Lipinski definition) is 2. The zero-order valence-corrected chi connectivity index (χ0v) is 17.0. The topological polar surface area (TPSA) is 128 Å². The van der Waals surface area contributed by atoms with Crippen molar-refractivity contribution >= 4 is 46.3 Å². The van der Waals surface area contributed by atoms with E-state index in [1.807, 2.05) is 67.5 Å². The fourth-order valence-electron chi connectivity index (χ4n) is 2.92. The number of hydrogen-bond acceptors (Lipinski definition) is 7. The molecule has 0 aliphatic rings. The van der Waals surface area contributed by atoms with Crippen LogP contribution in [0.15, 0.2) is 60.7 Å². The molecule has 0 heterocycles. The summed E-state index contributed by atoms with van der Waals surface area (Å²) < 4.78 is 0. The van der Waals surface area contributed by atoms with Gasteiger partial charge >= 0.3 is 5.69 Å². The fourth-order valence-corrected chi connectivity index (χ4v) is 2.92. The van der Waals surface area contributed by atoms with Crippen LogP contribution in [0.5, 0.6) is 0 Å². The van der Waals surface area contributed by atoms with E-state index in [0.717, 1.165) is 28.9 Å². The van der Waals surface area contributed by atoms with Gasteiger partial charge in [0.05, 0.1) is 21.6 Å². The molecule has 0 aliphatic heterocycles. The number of nitrogens with two attached hydrogens (primary N) is 1. The van der Waals surface area contributed by atoms with E-state index in [9.17, 15) is 20.2 Å². The molecule has 0 aliphatic carbocycles. The standard InChI is InChI=1S/C22H21N5O4/c1-25(2)18-11-7-16(8-12-18)4-3-15-5-9-17(10-6-15)24-22-20(23)13-19(26(28)29)14-21(22)27(30)31/h3-14,24H,23H2,1-2H3/b4-3+. The predicted octanol–water partition coefficient (Wildman–Crippen LogP) is 5.07. The van der Waals surface area contributed by atoms with Crippen LogP contribution in [0.25, 0.3) is 12.2 Å². The lowest BCUT2D eigenvalue weighted by molar-refractivity contribution is -0.393. The van der Waals surface area contributed by atoms with Gasteiger partial charge in [0.25, 0.3) is 5.69 Å². The van der Waals surface area contributed by atoms with Gasteiger partial charge in [-0.05, 0) is 35.4 Å². The highest BCUT2D eigenvalue weighted by Crippen LogP contribution is 2.37. The van der Waals surface area contributed by atoms with Crippen molar-refractivity contribution in [2.24, 2.45) is 0 Å². The van der Waals surface area contributed by atoms with Gasteiger partial charge in [-0.25, -0.2) is 0 Å². The third kappa shape index (κ3) is 5.15. The average Bonchev–Trinajstić information content (AvgIpc) is 2.74. The normalized spacial score (nSPS) is 10.8. The van der Waals surface area contributed by atoms with Gasteiger partial charge in [-0.1, -0.05) is 36.4 Å². The molecule has 31 heavy (non-hydrogen) atoms. The molecule has 0 bridgehead atoms. The molecule has 158 valence electrons. The van der Waals surface area contributed by atoms with E-state index in [1.165, 1.54) is 0 Å². The molecule has 0 aromatic heterocycles. The van der Waals surface area contributed by atoms with Gasteiger partial charge < -0.3 is 16.0 Å². The highest BCUT2D eigenvalue weighted by molar-refractivity contribution is 5.84. The highest BCUT2D eigenvalue weighted by atomic mass is 16.6. The lowest BCUT2D eigenvalue weighted by Gasteiger charge is -2.11. The Morgan fingerprint density at radius 2 is 1.42 bits per heavy atom. The van der Waals surface area contributed by atoms with E-state index >= 15 is 0 Å². The summed E-state index contributed by atoms with van der Waals surface area (Å²) in [5, 5.41) is 25.2. The molecule has 3 rings (SSSR count). The molecule has 0 radical (unpaired) electrons. The summed E-state index contributed by atoms with van der Waals surface area (Å²) >= 11 is 0. The summed E-state index contributed by atoms with van der Waals surface area (Å²) in [6.07, 6.45) is 3.94. The van der Waals surface area contributed by atoms with Crippen LogP contribution < -0.4 is 16.0 Å². The summed E-state index contributed by atoms with van der Waals surface area (Å²) in [6, 6.07) is 17.3. The van der Waals surface area contributed by atoms with E-state index in [1.54, 1.807) is 12.1 Å². The molecule has 3 N–H and O–H groups in total. The Morgan fingerprint density at radius 3 is 1.90 bits per heavy atom.